The third-order valence-corrected chi connectivity index (χ3v) is 2.77. The Labute approximate surface area is 106 Å². The second-order valence-electron chi connectivity index (χ2n) is 3.07. The lowest BCUT2D eigenvalue weighted by molar-refractivity contribution is 0.0983. The molecule has 1 heterocycles. The summed E-state index contributed by atoms with van der Waals surface area (Å²) in [6, 6.07) is 5.04. The minimum absolute atomic E-state index is 0.242. The molecule has 1 N–H and O–H groups in total. The Kier molecular flexibility index (Phi) is 3.19. The van der Waals surface area contributed by atoms with E-state index < -0.39 is 5.91 Å². The van der Waals surface area contributed by atoms with Crippen LogP contribution in [0.15, 0.2) is 24.4 Å². The second kappa shape index (κ2) is 4.45. The summed E-state index contributed by atoms with van der Waals surface area (Å²) in [5.74, 6) is -0.493. The standard InChI is InChI=1S/C10H5Cl3N2O/c11-6-3-5-1-2-7(12)8(10(16)15-13)9(5)14-4-6/h1-4H,(H,15,16). The molecule has 2 rings (SSSR count). The number of amides is 1. The van der Waals surface area contributed by atoms with Crippen molar-refractivity contribution in [1.29, 1.82) is 0 Å². The van der Waals surface area contributed by atoms with E-state index >= 15 is 0 Å². The Hall–Kier alpha value is -1.03. The minimum atomic E-state index is -0.493. The van der Waals surface area contributed by atoms with Gasteiger partial charge in [-0.05, 0) is 12.1 Å². The predicted molar refractivity (Wildman–Crippen MR) is 65.1 cm³/mol. The van der Waals surface area contributed by atoms with E-state index in [1.165, 1.54) is 6.20 Å². The van der Waals surface area contributed by atoms with Gasteiger partial charge in [0.05, 0.1) is 21.1 Å². The van der Waals surface area contributed by atoms with E-state index in [0.29, 0.717) is 15.6 Å². The van der Waals surface area contributed by atoms with E-state index in [2.05, 4.69) is 4.98 Å². The molecule has 0 saturated heterocycles. The molecule has 0 aliphatic carbocycles. The highest BCUT2D eigenvalue weighted by molar-refractivity contribution is 6.37. The maximum absolute atomic E-state index is 11.5. The Morgan fingerprint density at radius 3 is 2.75 bits per heavy atom. The molecule has 6 heteroatoms. The van der Waals surface area contributed by atoms with Crippen LogP contribution in [0.5, 0.6) is 0 Å². The highest BCUT2D eigenvalue weighted by Crippen LogP contribution is 2.26. The van der Waals surface area contributed by atoms with Crippen LogP contribution in [0, 0.1) is 0 Å². The Balaban J connectivity index is 2.79. The largest absolute Gasteiger partial charge is 0.269 e. The SMILES string of the molecule is O=C(NCl)c1c(Cl)ccc2cc(Cl)cnc12. The quantitative estimate of drug-likeness (QED) is 0.810. The zero-order valence-corrected chi connectivity index (χ0v) is 10.1. The van der Waals surface area contributed by atoms with E-state index in [-0.39, 0.29) is 5.56 Å². The van der Waals surface area contributed by atoms with Gasteiger partial charge in [0.15, 0.2) is 0 Å². The van der Waals surface area contributed by atoms with E-state index in [1.54, 1.807) is 18.2 Å². The van der Waals surface area contributed by atoms with Gasteiger partial charge in [-0.15, -0.1) is 0 Å². The zero-order chi connectivity index (χ0) is 11.7. The average Bonchev–Trinajstić information content (AvgIpc) is 2.28. The minimum Gasteiger partial charge on any atom is -0.268 e. The number of aromatic nitrogens is 1. The van der Waals surface area contributed by atoms with Gasteiger partial charge in [0.1, 0.15) is 0 Å². The lowest BCUT2D eigenvalue weighted by Crippen LogP contribution is -2.14. The summed E-state index contributed by atoms with van der Waals surface area (Å²) < 4.78 is 0. The molecule has 1 aromatic carbocycles. The predicted octanol–water partition coefficient (Wildman–Crippen LogP) is 3.43. The van der Waals surface area contributed by atoms with Crippen molar-refractivity contribution in [3.8, 4) is 0 Å². The van der Waals surface area contributed by atoms with Crippen LogP contribution >= 0.6 is 35.0 Å². The van der Waals surface area contributed by atoms with Crippen LogP contribution in [-0.2, 0) is 0 Å². The first-order chi connectivity index (χ1) is 7.63. The average molecular weight is 276 g/mol. The summed E-state index contributed by atoms with van der Waals surface area (Å²) in [7, 11) is 0. The first kappa shape index (κ1) is 11.5. The first-order valence-electron chi connectivity index (χ1n) is 4.28. The number of halogens is 3. The van der Waals surface area contributed by atoms with Gasteiger partial charge in [-0.1, -0.05) is 29.3 Å². The van der Waals surface area contributed by atoms with Crippen LogP contribution in [0.4, 0.5) is 0 Å². The molecule has 0 unspecified atom stereocenters. The lowest BCUT2D eigenvalue weighted by Gasteiger charge is -2.06. The topological polar surface area (TPSA) is 42.0 Å². The molecule has 0 spiro atoms. The number of nitrogens with one attached hydrogen (secondary N) is 1. The molecule has 16 heavy (non-hydrogen) atoms. The Morgan fingerprint density at radius 2 is 2.06 bits per heavy atom. The number of fused-ring (bicyclic) bond motifs is 1. The molecule has 0 atom stereocenters. The molecule has 2 aromatic rings. The summed E-state index contributed by atoms with van der Waals surface area (Å²) in [5.41, 5.74) is 0.709. The van der Waals surface area contributed by atoms with E-state index in [9.17, 15) is 4.79 Å². The molecule has 0 aliphatic heterocycles. The highest BCUT2D eigenvalue weighted by atomic mass is 35.5. The second-order valence-corrected chi connectivity index (χ2v) is 4.10. The monoisotopic (exact) mass is 274 g/mol. The van der Waals surface area contributed by atoms with Gasteiger partial charge in [-0.3, -0.25) is 14.6 Å². The molecular weight excluding hydrogens is 270 g/mol. The fourth-order valence-electron chi connectivity index (χ4n) is 1.41. The van der Waals surface area contributed by atoms with Gasteiger partial charge in [0.2, 0.25) is 0 Å². The van der Waals surface area contributed by atoms with Crippen molar-refractivity contribution >= 4 is 51.8 Å². The highest BCUT2D eigenvalue weighted by Gasteiger charge is 2.15. The summed E-state index contributed by atoms with van der Waals surface area (Å²) in [6.07, 6.45) is 1.45. The van der Waals surface area contributed by atoms with Gasteiger partial charge >= 0.3 is 0 Å². The first-order valence-corrected chi connectivity index (χ1v) is 5.41. The zero-order valence-electron chi connectivity index (χ0n) is 7.80. The molecular formula is C10H5Cl3N2O. The third kappa shape index (κ3) is 1.94. The van der Waals surface area contributed by atoms with Crippen molar-refractivity contribution in [2.24, 2.45) is 0 Å². The van der Waals surface area contributed by atoms with Crippen molar-refractivity contribution in [3.63, 3.8) is 0 Å². The smallest absolute Gasteiger partial charge is 0.268 e. The molecule has 0 radical (unpaired) electrons. The van der Waals surface area contributed by atoms with E-state index in [0.717, 1.165) is 5.39 Å². The van der Waals surface area contributed by atoms with Crippen LogP contribution in [0.25, 0.3) is 10.9 Å². The van der Waals surface area contributed by atoms with Gasteiger partial charge in [-0.25, -0.2) is 0 Å². The Bertz CT molecular complexity index is 571. The van der Waals surface area contributed by atoms with E-state index in [1.807, 2.05) is 4.84 Å². The van der Waals surface area contributed by atoms with Crippen LogP contribution in [0.1, 0.15) is 10.4 Å². The molecule has 1 amide bonds. The molecule has 0 saturated carbocycles. The van der Waals surface area contributed by atoms with Gasteiger partial charge < -0.3 is 0 Å². The van der Waals surface area contributed by atoms with Crippen molar-refractivity contribution in [3.05, 3.63) is 40.0 Å². The number of carbonyl (C=O) groups excluding carboxylic acids is 1. The molecule has 0 bridgehead atoms. The van der Waals surface area contributed by atoms with Crippen LogP contribution < -0.4 is 4.84 Å². The Morgan fingerprint density at radius 1 is 1.31 bits per heavy atom. The van der Waals surface area contributed by atoms with Gasteiger partial charge in [0, 0.05) is 23.4 Å². The van der Waals surface area contributed by atoms with Crippen LogP contribution in [0.2, 0.25) is 10.0 Å². The van der Waals surface area contributed by atoms with Crippen molar-refractivity contribution in [2.45, 2.75) is 0 Å². The molecule has 0 fully saturated rings. The number of rotatable bonds is 1. The molecule has 1 aromatic heterocycles. The number of pyridine rings is 1. The van der Waals surface area contributed by atoms with Crippen LogP contribution in [-0.4, -0.2) is 10.9 Å². The third-order valence-electron chi connectivity index (χ3n) is 2.08. The summed E-state index contributed by atoms with van der Waals surface area (Å²) in [6.45, 7) is 0. The van der Waals surface area contributed by atoms with E-state index in [4.69, 9.17) is 35.0 Å². The lowest BCUT2D eigenvalue weighted by atomic mass is 10.1. The fraction of sp³-hybridized carbons (Fsp3) is 0. The normalized spacial score (nSPS) is 10.4. The van der Waals surface area contributed by atoms with Crippen LogP contribution in [0.3, 0.4) is 0 Å². The van der Waals surface area contributed by atoms with Crippen molar-refractivity contribution < 1.29 is 4.79 Å². The maximum Gasteiger partial charge on any atom is 0.269 e. The number of hydrogen-bond acceptors (Lipinski definition) is 2. The number of benzene rings is 1. The van der Waals surface area contributed by atoms with Crippen molar-refractivity contribution in [1.82, 2.24) is 9.82 Å². The number of nitrogens with zero attached hydrogens (tertiary/aromatic N) is 1. The van der Waals surface area contributed by atoms with Gasteiger partial charge in [0.25, 0.3) is 5.91 Å². The molecule has 82 valence electrons. The number of hydrogen-bond donors (Lipinski definition) is 1. The van der Waals surface area contributed by atoms with Gasteiger partial charge in [-0.2, -0.15) is 0 Å². The summed E-state index contributed by atoms with van der Waals surface area (Å²) >= 11 is 17.0. The summed E-state index contributed by atoms with van der Waals surface area (Å²) in [4.78, 5) is 17.6. The molecule has 0 aliphatic rings. The molecule has 3 nitrogen and oxygen atoms in total. The van der Waals surface area contributed by atoms with Crippen molar-refractivity contribution in [2.75, 3.05) is 0 Å². The fourth-order valence-corrected chi connectivity index (χ4v) is 1.91. The number of carbonyl (C=O) groups is 1. The maximum atomic E-state index is 11.5. The summed E-state index contributed by atoms with van der Waals surface area (Å²) in [5, 5.41) is 1.51.